The maximum Gasteiger partial charge on any atom is 0.154 e. The Labute approximate surface area is 168 Å². The van der Waals surface area contributed by atoms with Gasteiger partial charge in [-0.05, 0) is 35.9 Å². The molecule has 29 heavy (non-hydrogen) atoms. The smallest absolute Gasteiger partial charge is 0.154 e. The summed E-state index contributed by atoms with van der Waals surface area (Å²) in [5, 5.41) is 4.64. The van der Waals surface area contributed by atoms with Crippen molar-refractivity contribution in [3.63, 3.8) is 0 Å². The van der Waals surface area contributed by atoms with E-state index in [-0.39, 0.29) is 0 Å². The topological polar surface area (TPSA) is 52.3 Å². The number of imidazole rings is 1. The summed E-state index contributed by atoms with van der Waals surface area (Å²) in [5.41, 5.74) is 6.78. The van der Waals surface area contributed by atoms with Crippen LogP contribution in [0.25, 0.3) is 39.3 Å². The van der Waals surface area contributed by atoms with E-state index in [0.29, 0.717) is 0 Å². The molecule has 0 aliphatic heterocycles. The van der Waals surface area contributed by atoms with Crippen molar-refractivity contribution in [2.45, 2.75) is 0 Å². The molecule has 5 rings (SSSR count). The molecule has 0 aliphatic carbocycles. The number of hydrogen-bond acceptors (Lipinski definition) is 4. The normalized spacial score (nSPS) is 10.9. The number of methoxy groups -OCH3 is 1. The van der Waals surface area contributed by atoms with Crippen LogP contribution in [0, 0.1) is 0 Å². The third kappa shape index (κ3) is 3.23. The molecule has 140 valence electrons. The number of hydrogen-bond donors (Lipinski definition) is 0. The molecule has 0 atom stereocenters. The lowest BCUT2D eigenvalue weighted by atomic mass is 10.1. The van der Waals surface area contributed by atoms with E-state index in [0.717, 1.165) is 45.0 Å². The number of fused-ring (bicyclic) bond motifs is 1. The molecule has 0 aliphatic rings. The molecule has 0 unspecified atom stereocenters. The molecule has 0 saturated carbocycles. The van der Waals surface area contributed by atoms with Gasteiger partial charge in [0.15, 0.2) is 5.65 Å². The van der Waals surface area contributed by atoms with Crippen LogP contribution in [0.2, 0.25) is 0 Å². The van der Waals surface area contributed by atoms with E-state index in [1.54, 1.807) is 7.11 Å². The molecule has 5 aromatic rings. The molecular weight excluding hydrogens is 360 g/mol. The van der Waals surface area contributed by atoms with Gasteiger partial charge in [0.2, 0.25) is 0 Å². The summed E-state index contributed by atoms with van der Waals surface area (Å²) in [5.74, 6) is 0.816. The van der Waals surface area contributed by atoms with Crippen LogP contribution in [-0.2, 0) is 0 Å². The minimum Gasteiger partial charge on any atom is -0.497 e. The Hall–Kier alpha value is -3.99. The largest absolute Gasteiger partial charge is 0.497 e. The van der Waals surface area contributed by atoms with Crippen LogP contribution < -0.4 is 4.74 Å². The zero-order valence-corrected chi connectivity index (χ0v) is 15.9. The summed E-state index contributed by atoms with van der Waals surface area (Å²) in [6.07, 6.45) is 5.52. The van der Waals surface area contributed by atoms with Crippen molar-refractivity contribution in [3.8, 4) is 39.4 Å². The van der Waals surface area contributed by atoms with Crippen molar-refractivity contribution in [3.05, 3.63) is 91.4 Å². The van der Waals surface area contributed by atoms with Crippen LogP contribution in [0.3, 0.4) is 0 Å². The highest BCUT2D eigenvalue weighted by atomic mass is 16.5. The molecule has 5 heteroatoms. The van der Waals surface area contributed by atoms with Gasteiger partial charge in [-0.15, -0.1) is 0 Å². The van der Waals surface area contributed by atoms with Gasteiger partial charge in [0.1, 0.15) is 5.75 Å². The molecule has 3 heterocycles. The van der Waals surface area contributed by atoms with Gasteiger partial charge in [-0.2, -0.15) is 5.10 Å². The fourth-order valence-electron chi connectivity index (χ4n) is 3.39. The van der Waals surface area contributed by atoms with Gasteiger partial charge in [0.05, 0.1) is 30.9 Å². The highest BCUT2D eigenvalue weighted by Gasteiger charge is 2.10. The number of benzene rings is 2. The maximum atomic E-state index is 5.33. The fraction of sp³-hybridized carbons (Fsp3) is 0.0417. The SMILES string of the molecule is COc1cccc(-c2cnn3c(-c4ccnc(-c5ccccc5)c4)cnc3c2)c1. The molecule has 0 fully saturated rings. The first-order chi connectivity index (χ1) is 14.3. The Morgan fingerprint density at radius 1 is 0.724 bits per heavy atom. The molecular formula is C24H18N4O. The molecule has 0 N–H and O–H groups in total. The van der Waals surface area contributed by atoms with E-state index >= 15 is 0 Å². The van der Waals surface area contributed by atoms with Crippen LogP contribution in [0.15, 0.2) is 91.4 Å². The van der Waals surface area contributed by atoms with Crippen molar-refractivity contribution in [2.24, 2.45) is 0 Å². The molecule has 0 spiro atoms. The standard InChI is InChI=1S/C24H18N4O/c1-29-21-9-5-8-18(12-21)20-14-24-26-16-23(28(24)27-15-20)19-10-11-25-22(13-19)17-6-3-2-4-7-17/h2-16H,1H3. The van der Waals surface area contributed by atoms with Gasteiger partial charge >= 0.3 is 0 Å². The van der Waals surface area contributed by atoms with E-state index < -0.39 is 0 Å². The Morgan fingerprint density at radius 3 is 2.45 bits per heavy atom. The first kappa shape index (κ1) is 17.1. The van der Waals surface area contributed by atoms with Crippen LogP contribution >= 0.6 is 0 Å². The maximum absolute atomic E-state index is 5.33. The summed E-state index contributed by atoms with van der Waals surface area (Å²) < 4.78 is 7.18. The average Bonchev–Trinajstić information content (AvgIpc) is 3.23. The Bertz CT molecular complexity index is 1290. The van der Waals surface area contributed by atoms with E-state index in [4.69, 9.17) is 4.74 Å². The Morgan fingerprint density at radius 2 is 1.59 bits per heavy atom. The highest BCUT2D eigenvalue weighted by Crippen LogP contribution is 2.27. The number of ether oxygens (including phenoxy) is 1. The summed E-state index contributed by atoms with van der Waals surface area (Å²) in [4.78, 5) is 9.08. The minimum atomic E-state index is 0.790. The van der Waals surface area contributed by atoms with E-state index in [9.17, 15) is 0 Å². The summed E-state index contributed by atoms with van der Waals surface area (Å²) in [6, 6.07) is 24.1. The van der Waals surface area contributed by atoms with Crippen LogP contribution in [0.4, 0.5) is 0 Å². The molecule has 5 nitrogen and oxygen atoms in total. The predicted octanol–water partition coefficient (Wildman–Crippen LogP) is 5.13. The first-order valence-electron chi connectivity index (χ1n) is 9.32. The molecule has 0 radical (unpaired) electrons. The molecule has 0 bridgehead atoms. The third-order valence-corrected chi connectivity index (χ3v) is 4.89. The summed E-state index contributed by atoms with van der Waals surface area (Å²) in [6.45, 7) is 0. The average molecular weight is 378 g/mol. The lowest BCUT2D eigenvalue weighted by Crippen LogP contribution is -1.95. The van der Waals surface area contributed by atoms with Crippen LogP contribution in [-0.4, -0.2) is 26.7 Å². The molecule has 3 aromatic heterocycles. The number of nitrogens with zero attached hydrogens (tertiary/aromatic N) is 4. The highest BCUT2D eigenvalue weighted by molar-refractivity contribution is 5.72. The van der Waals surface area contributed by atoms with Crippen LogP contribution in [0.5, 0.6) is 5.75 Å². The second kappa shape index (κ2) is 7.20. The molecule has 0 amide bonds. The van der Waals surface area contributed by atoms with Crippen molar-refractivity contribution in [2.75, 3.05) is 7.11 Å². The van der Waals surface area contributed by atoms with Gasteiger partial charge in [-0.3, -0.25) is 4.98 Å². The molecule has 0 saturated heterocycles. The third-order valence-electron chi connectivity index (χ3n) is 4.89. The Kier molecular flexibility index (Phi) is 4.26. The van der Waals surface area contributed by atoms with Crippen molar-refractivity contribution < 1.29 is 4.74 Å². The van der Waals surface area contributed by atoms with Crippen molar-refractivity contribution in [1.82, 2.24) is 19.6 Å². The van der Waals surface area contributed by atoms with Gasteiger partial charge in [0, 0.05) is 22.9 Å². The number of rotatable bonds is 4. The quantitative estimate of drug-likeness (QED) is 0.435. The Balaban J connectivity index is 1.56. The van der Waals surface area contributed by atoms with Gasteiger partial charge in [-0.25, -0.2) is 9.50 Å². The van der Waals surface area contributed by atoms with Gasteiger partial charge < -0.3 is 4.74 Å². The second-order valence-electron chi connectivity index (χ2n) is 6.69. The monoisotopic (exact) mass is 378 g/mol. The van der Waals surface area contributed by atoms with E-state index in [1.165, 1.54) is 0 Å². The van der Waals surface area contributed by atoms with E-state index in [2.05, 4.69) is 33.3 Å². The minimum absolute atomic E-state index is 0.790. The molecule has 2 aromatic carbocycles. The van der Waals surface area contributed by atoms with Crippen molar-refractivity contribution >= 4 is 5.65 Å². The fourth-order valence-corrected chi connectivity index (χ4v) is 3.39. The first-order valence-corrected chi connectivity index (χ1v) is 9.32. The number of aromatic nitrogens is 4. The lowest BCUT2D eigenvalue weighted by Gasteiger charge is -2.07. The number of pyridine rings is 1. The van der Waals surface area contributed by atoms with Gasteiger partial charge in [0.25, 0.3) is 0 Å². The van der Waals surface area contributed by atoms with Crippen molar-refractivity contribution in [1.29, 1.82) is 0 Å². The zero-order valence-electron chi connectivity index (χ0n) is 15.9. The lowest BCUT2D eigenvalue weighted by molar-refractivity contribution is 0.415. The van der Waals surface area contributed by atoms with E-state index in [1.807, 2.05) is 77.7 Å². The summed E-state index contributed by atoms with van der Waals surface area (Å²) >= 11 is 0. The zero-order chi connectivity index (χ0) is 19.6. The summed E-state index contributed by atoms with van der Waals surface area (Å²) in [7, 11) is 1.67. The second-order valence-corrected chi connectivity index (χ2v) is 6.69. The van der Waals surface area contributed by atoms with Gasteiger partial charge in [-0.1, -0.05) is 42.5 Å². The predicted molar refractivity (Wildman–Crippen MR) is 114 cm³/mol. The van der Waals surface area contributed by atoms with Crippen LogP contribution in [0.1, 0.15) is 0 Å².